The molecule has 7 heteroatoms. The molecule has 1 unspecified atom stereocenters. The molecule has 4 aromatic rings. The smallest absolute Gasteiger partial charge is 0.261 e. The highest BCUT2D eigenvalue weighted by Crippen LogP contribution is 2.26. The molecule has 37 heavy (non-hydrogen) atoms. The summed E-state index contributed by atoms with van der Waals surface area (Å²) in [7, 11) is 3.91. The number of aromatic nitrogens is 2. The van der Waals surface area contributed by atoms with Gasteiger partial charge in [0.25, 0.3) is 11.5 Å². The normalized spacial score (nSPS) is 12.2. The zero-order valence-corrected chi connectivity index (χ0v) is 21.8. The van der Waals surface area contributed by atoms with E-state index in [2.05, 4.69) is 0 Å². The van der Waals surface area contributed by atoms with Crippen LogP contribution in [0.3, 0.4) is 0 Å². The number of rotatable bonds is 9. The maximum Gasteiger partial charge on any atom is 0.261 e. The SMILES string of the molecule is CCC(c1nc2cc(F)ccc2c(=O)n1Cc1ccccc1)N(CCN(C)C)C(=O)c1ccc(C)cc1. The third-order valence-electron chi connectivity index (χ3n) is 6.54. The Balaban J connectivity index is 1.89. The second-order valence-electron chi connectivity index (χ2n) is 9.60. The summed E-state index contributed by atoms with van der Waals surface area (Å²) in [4.78, 5) is 36.2. The van der Waals surface area contributed by atoms with Crippen molar-refractivity contribution in [3.05, 3.63) is 111 Å². The molecule has 0 aliphatic rings. The number of halogens is 1. The molecule has 0 fully saturated rings. The van der Waals surface area contributed by atoms with E-state index >= 15 is 0 Å². The van der Waals surface area contributed by atoms with Gasteiger partial charge in [0.05, 0.1) is 23.5 Å². The summed E-state index contributed by atoms with van der Waals surface area (Å²) in [5.74, 6) is -0.137. The Morgan fingerprint density at radius 3 is 2.35 bits per heavy atom. The molecule has 0 aliphatic heterocycles. The highest BCUT2D eigenvalue weighted by molar-refractivity contribution is 5.94. The molecule has 4 rings (SSSR count). The molecule has 0 bridgehead atoms. The first-order valence-electron chi connectivity index (χ1n) is 12.5. The number of hydrogen-bond donors (Lipinski definition) is 0. The number of carbonyl (C=O) groups is 1. The number of benzene rings is 3. The van der Waals surface area contributed by atoms with E-state index in [1.54, 1.807) is 9.47 Å². The van der Waals surface area contributed by atoms with Crippen LogP contribution in [0.1, 0.15) is 46.7 Å². The summed E-state index contributed by atoms with van der Waals surface area (Å²) in [5, 5.41) is 0.348. The first-order valence-corrected chi connectivity index (χ1v) is 12.5. The molecule has 0 radical (unpaired) electrons. The van der Waals surface area contributed by atoms with Gasteiger partial charge in [-0.05, 0) is 57.3 Å². The molecular weight excluding hydrogens is 467 g/mol. The second kappa shape index (κ2) is 11.5. The van der Waals surface area contributed by atoms with Gasteiger partial charge in [-0.25, -0.2) is 9.37 Å². The van der Waals surface area contributed by atoms with E-state index in [4.69, 9.17) is 4.98 Å². The summed E-state index contributed by atoms with van der Waals surface area (Å²) >= 11 is 0. The number of likely N-dealkylation sites (N-methyl/N-ethyl adjacent to an activating group) is 1. The van der Waals surface area contributed by atoms with Gasteiger partial charge in [0.15, 0.2) is 0 Å². The minimum atomic E-state index is -0.488. The minimum Gasteiger partial charge on any atom is -0.327 e. The Morgan fingerprint density at radius 2 is 1.70 bits per heavy atom. The lowest BCUT2D eigenvalue weighted by molar-refractivity contribution is 0.0642. The van der Waals surface area contributed by atoms with Crippen LogP contribution in [0.2, 0.25) is 0 Å². The van der Waals surface area contributed by atoms with Crippen LogP contribution in [0.15, 0.2) is 77.6 Å². The van der Waals surface area contributed by atoms with Crippen molar-refractivity contribution in [2.75, 3.05) is 27.2 Å². The molecule has 1 heterocycles. The van der Waals surface area contributed by atoms with Crippen LogP contribution in [-0.2, 0) is 6.54 Å². The Labute approximate surface area is 217 Å². The zero-order valence-electron chi connectivity index (χ0n) is 21.8. The molecule has 1 amide bonds. The topological polar surface area (TPSA) is 58.4 Å². The summed E-state index contributed by atoms with van der Waals surface area (Å²) in [5.41, 5.74) is 2.62. The fraction of sp³-hybridized carbons (Fsp3) is 0.300. The highest BCUT2D eigenvalue weighted by atomic mass is 19.1. The van der Waals surface area contributed by atoms with Gasteiger partial charge in [-0.3, -0.25) is 14.2 Å². The van der Waals surface area contributed by atoms with Crippen LogP contribution in [0.4, 0.5) is 4.39 Å². The fourth-order valence-corrected chi connectivity index (χ4v) is 4.50. The van der Waals surface area contributed by atoms with Crippen LogP contribution in [0.25, 0.3) is 10.9 Å². The van der Waals surface area contributed by atoms with Crippen molar-refractivity contribution in [3.63, 3.8) is 0 Å². The molecule has 0 saturated carbocycles. The minimum absolute atomic E-state index is 0.131. The molecule has 3 aromatic carbocycles. The molecule has 0 spiro atoms. The molecular formula is C30H33FN4O2. The van der Waals surface area contributed by atoms with E-state index in [1.807, 2.05) is 87.4 Å². The van der Waals surface area contributed by atoms with Crippen LogP contribution >= 0.6 is 0 Å². The van der Waals surface area contributed by atoms with Crippen LogP contribution < -0.4 is 5.56 Å². The average molecular weight is 501 g/mol. The lowest BCUT2D eigenvalue weighted by Gasteiger charge is -2.33. The Morgan fingerprint density at radius 1 is 1.00 bits per heavy atom. The summed E-state index contributed by atoms with van der Waals surface area (Å²) in [6.07, 6.45) is 0.535. The van der Waals surface area contributed by atoms with Crippen molar-refractivity contribution in [1.82, 2.24) is 19.4 Å². The average Bonchev–Trinajstić information content (AvgIpc) is 2.88. The zero-order chi connectivity index (χ0) is 26.5. The summed E-state index contributed by atoms with van der Waals surface area (Å²) in [6.45, 7) is 5.34. The van der Waals surface area contributed by atoms with E-state index in [1.165, 1.54) is 18.2 Å². The second-order valence-corrected chi connectivity index (χ2v) is 9.60. The number of aryl methyl sites for hydroxylation is 1. The Kier molecular flexibility index (Phi) is 8.14. The molecule has 0 saturated heterocycles. The predicted octanol–water partition coefficient (Wildman–Crippen LogP) is 5.05. The first kappa shape index (κ1) is 26.2. The Hall–Kier alpha value is -3.84. The van der Waals surface area contributed by atoms with Gasteiger partial charge in [0, 0.05) is 24.7 Å². The van der Waals surface area contributed by atoms with E-state index in [-0.39, 0.29) is 17.0 Å². The molecule has 6 nitrogen and oxygen atoms in total. The number of nitrogens with zero attached hydrogens (tertiary/aromatic N) is 4. The van der Waals surface area contributed by atoms with Gasteiger partial charge < -0.3 is 9.80 Å². The number of fused-ring (bicyclic) bond motifs is 1. The third-order valence-corrected chi connectivity index (χ3v) is 6.54. The molecule has 0 N–H and O–H groups in total. The fourth-order valence-electron chi connectivity index (χ4n) is 4.50. The number of carbonyl (C=O) groups excluding carboxylic acids is 1. The van der Waals surface area contributed by atoms with E-state index < -0.39 is 11.9 Å². The highest BCUT2D eigenvalue weighted by Gasteiger charge is 2.29. The van der Waals surface area contributed by atoms with E-state index in [9.17, 15) is 14.0 Å². The van der Waals surface area contributed by atoms with Crippen LogP contribution in [0.5, 0.6) is 0 Å². The van der Waals surface area contributed by atoms with Crippen molar-refractivity contribution < 1.29 is 9.18 Å². The van der Waals surface area contributed by atoms with Gasteiger partial charge in [-0.15, -0.1) is 0 Å². The third kappa shape index (κ3) is 5.94. The lowest BCUT2D eigenvalue weighted by Crippen LogP contribution is -2.42. The molecule has 1 atom stereocenters. The quantitative estimate of drug-likeness (QED) is 0.323. The monoisotopic (exact) mass is 500 g/mol. The summed E-state index contributed by atoms with van der Waals surface area (Å²) < 4.78 is 15.8. The van der Waals surface area contributed by atoms with Crippen molar-refractivity contribution in [2.45, 2.75) is 32.9 Å². The molecule has 192 valence electrons. The number of amides is 1. The number of hydrogen-bond acceptors (Lipinski definition) is 4. The van der Waals surface area contributed by atoms with Crippen molar-refractivity contribution in [2.24, 2.45) is 0 Å². The maximum atomic E-state index is 14.2. The van der Waals surface area contributed by atoms with E-state index in [0.29, 0.717) is 42.8 Å². The van der Waals surface area contributed by atoms with Gasteiger partial charge in [0.2, 0.25) is 0 Å². The van der Waals surface area contributed by atoms with Crippen molar-refractivity contribution >= 4 is 16.8 Å². The summed E-state index contributed by atoms with van der Waals surface area (Å²) in [6, 6.07) is 20.7. The van der Waals surface area contributed by atoms with Gasteiger partial charge >= 0.3 is 0 Å². The van der Waals surface area contributed by atoms with Gasteiger partial charge in [0.1, 0.15) is 11.6 Å². The van der Waals surface area contributed by atoms with Crippen LogP contribution in [-0.4, -0.2) is 52.4 Å². The van der Waals surface area contributed by atoms with Crippen molar-refractivity contribution in [3.8, 4) is 0 Å². The van der Waals surface area contributed by atoms with Crippen LogP contribution in [0, 0.1) is 12.7 Å². The Bertz CT molecular complexity index is 1430. The van der Waals surface area contributed by atoms with Crippen molar-refractivity contribution in [1.29, 1.82) is 0 Å². The maximum absolute atomic E-state index is 14.2. The van der Waals surface area contributed by atoms with Gasteiger partial charge in [-0.2, -0.15) is 0 Å². The largest absolute Gasteiger partial charge is 0.327 e. The van der Waals surface area contributed by atoms with E-state index in [0.717, 1.165) is 11.1 Å². The standard InChI is InChI=1S/C30H33FN4O2/c1-5-27(34(18-17-33(3)4)29(36)23-13-11-21(2)12-14-23)28-32-26-19-24(31)15-16-25(26)30(37)35(28)20-22-9-7-6-8-10-22/h6-16,19,27H,5,17-18,20H2,1-4H3. The molecule has 1 aromatic heterocycles. The van der Waals surface area contributed by atoms with Gasteiger partial charge in [-0.1, -0.05) is 55.0 Å². The molecule has 0 aliphatic carbocycles. The first-order chi connectivity index (χ1) is 17.8. The lowest BCUT2D eigenvalue weighted by atomic mass is 10.1. The predicted molar refractivity (Wildman–Crippen MR) is 145 cm³/mol.